The van der Waals surface area contributed by atoms with E-state index in [1.54, 1.807) is 69.7 Å². The van der Waals surface area contributed by atoms with Crippen molar-refractivity contribution in [3.63, 3.8) is 0 Å². The SMILES string of the molecule is COc1cccc(C(=O)COc2cccc(NC(=O)N(C)C)c2)c1. The normalized spacial score (nSPS) is 9.96. The zero-order valence-corrected chi connectivity index (χ0v) is 13.9. The number of Topliss-reactive ketones (excluding diaryl/α,β-unsaturated/α-hetero) is 1. The Bertz CT molecular complexity index is 728. The van der Waals surface area contributed by atoms with Crippen LogP contribution in [0.4, 0.5) is 10.5 Å². The maximum Gasteiger partial charge on any atom is 0.321 e. The fourth-order valence-corrected chi connectivity index (χ4v) is 1.93. The summed E-state index contributed by atoms with van der Waals surface area (Å²) in [6, 6.07) is 13.6. The minimum absolute atomic E-state index is 0.0990. The number of anilines is 1. The van der Waals surface area contributed by atoms with Gasteiger partial charge in [-0.1, -0.05) is 18.2 Å². The summed E-state index contributed by atoms with van der Waals surface area (Å²) in [5.41, 5.74) is 1.12. The lowest BCUT2D eigenvalue weighted by atomic mass is 10.1. The van der Waals surface area contributed by atoms with Crippen LogP contribution >= 0.6 is 0 Å². The second kappa shape index (κ2) is 8.01. The number of rotatable bonds is 6. The maximum absolute atomic E-state index is 12.2. The molecule has 2 aromatic carbocycles. The van der Waals surface area contributed by atoms with Gasteiger partial charge in [-0.25, -0.2) is 4.79 Å². The number of ketones is 1. The van der Waals surface area contributed by atoms with Gasteiger partial charge in [0.1, 0.15) is 11.5 Å². The Kier molecular flexibility index (Phi) is 5.78. The number of carbonyl (C=O) groups excluding carboxylic acids is 2. The molecule has 0 aliphatic carbocycles. The zero-order chi connectivity index (χ0) is 17.5. The number of nitrogens with zero attached hydrogens (tertiary/aromatic N) is 1. The summed E-state index contributed by atoms with van der Waals surface area (Å²) in [7, 11) is 4.86. The van der Waals surface area contributed by atoms with Gasteiger partial charge in [-0.05, 0) is 24.3 Å². The Balaban J connectivity index is 1.98. The highest BCUT2D eigenvalue weighted by molar-refractivity contribution is 5.97. The van der Waals surface area contributed by atoms with Crippen LogP contribution in [0.15, 0.2) is 48.5 Å². The van der Waals surface area contributed by atoms with Gasteiger partial charge in [0.25, 0.3) is 0 Å². The molecule has 2 aromatic rings. The van der Waals surface area contributed by atoms with Gasteiger partial charge in [-0.15, -0.1) is 0 Å². The third-order valence-corrected chi connectivity index (χ3v) is 3.25. The Hall–Kier alpha value is -3.02. The van der Waals surface area contributed by atoms with E-state index in [0.29, 0.717) is 22.7 Å². The smallest absolute Gasteiger partial charge is 0.321 e. The molecule has 0 radical (unpaired) electrons. The molecule has 0 atom stereocenters. The minimum Gasteiger partial charge on any atom is -0.497 e. The lowest BCUT2D eigenvalue weighted by molar-refractivity contribution is 0.0921. The van der Waals surface area contributed by atoms with Crippen LogP contribution in [0, 0.1) is 0 Å². The van der Waals surface area contributed by atoms with Gasteiger partial charge in [0, 0.05) is 31.4 Å². The van der Waals surface area contributed by atoms with Crippen molar-refractivity contribution in [1.29, 1.82) is 0 Å². The summed E-state index contributed by atoms with van der Waals surface area (Å²) in [6.07, 6.45) is 0. The molecule has 0 fully saturated rings. The molecule has 0 saturated heterocycles. The molecule has 6 nitrogen and oxygen atoms in total. The maximum atomic E-state index is 12.2. The molecule has 0 aromatic heterocycles. The van der Waals surface area contributed by atoms with E-state index in [-0.39, 0.29) is 18.4 Å². The molecular formula is C18H20N2O4. The van der Waals surface area contributed by atoms with Crippen molar-refractivity contribution in [2.24, 2.45) is 0 Å². The van der Waals surface area contributed by atoms with Crippen molar-refractivity contribution < 1.29 is 19.1 Å². The number of methoxy groups -OCH3 is 1. The molecular weight excluding hydrogens is 308 g/mol. The average Bonchev–Trinajstić information content (AvgIpc) is 2.60. The summed E-state index contributed by atoms with van der Waals surface area (Å²) in [6.45, 7) is -0.0990. The van der Waals surface area contributed by atoms with Crippen molar-refractivity contribution in [3.8, 4) is 11.5 Å². The number of hydrogen-bond donors (Lipinski definition) is 1. The van der Waals surface area contributed by atoms with Crippen molar-refractivity contribution in [1.82, 2.24) is 4.90 Å². The van der Waals surface area contributed by atoms with Crippen LogP contribution in [-0.2, 0) is 0 Å². The van der Waals surface area contributed by atoms with E-state index in [2.05, 4.69) is 5.32 Å². The third-order valence-electron chi connectivity index (χ3n) is 3.25. The molecule has 0 aliphatic rings. The molecule has 24 heavy (non-hydrogen) atoms. The average molecular weight is 328 g/mol. The molecule has 2 amide bonds. The highest BCUT2D eigenvalue weighted by atomic mass is 16.5. The van der Waals surface area contributed by atoms with E-state index in [4.69, 9.17) is 9.47 Å². The Morgan fingerprint density at radius 3 is 2.46 bits per heavy atom. The van der Waals surface area contributed by atoms with E-state index in [1.807, 2.05) is 0 Å². The van der Waals surface area contributed by atoms with Gasteiger partial charge in [-0.2, -0.15) is 0 Å². The zero-order valence-electron chi connectivity index (χ0n) is 13.9. The Morgan fingerprint density at radius 1 is 1.04 bits per heavy atom. The lowest BCUT2D eigenvalue weighted by Crippen LogP contribution is -2.27. The first kappa shape index (κ1) is 17.3. The van der Waals surface area contributed by atoms with E-state index in [9.17, 15) is 9.59 Å². The summed E-state index contributed by atoms with van der Waals surface area (Å²) in [5.74, 6) is 0.966. The monoisotopic (exact) mass is 328 g/mol. The summed E-state index contributed by atoms with van der Waals surface area (Å²) >= 11 is 0. The largest absolute Gasteiger partial charge is 0.497 e. The molecule has 2 rings (SSSR count). The fraction of sp³-hybridized carbons (Fsp3) is 0.222. The standard InChI is InChI=1S/C18H20N2O4/c1-20(2)18(22)19-14-7-5-9-16(11-14)24-12-17(21)13-6-4-8-15(10-13)23-3/h4-11H,12H2,1-3H3,(H,19,22). The highest BCUT2D eigenvalue weighted by Gasteiger charge is 2.09. The molecule has 0 spiro atoms. The van der Waals surface area contributed by atoms with E-state index in [1.165, 1.54) is 4.90 Å². The topological polar surface area (TPSA) is 67.9 Å². The van der Waals surface area contributed by atoms with Crippen molar-refractivity contribution >= 4 is 17.5 Å². The molecule has 0 unspecified atom stereocenters. The molecule has 6 heteroatoms. The molecule has 0 saturated carbocycles. The highest BCUT2D eigenvalue weighted by Crippen LogP contribution is 2.18. The van der Waals surface area contributed by atoms with Gasteiger partial charge < -0.3 is 19.7 Å². The first-order valence-corrected chi connectivity index (χ1v) is 7.38. The van der Waals surface area contributed by atoms with Crippen LogP contribution in [0.5, 0.6) is 11.5 Å². The van der Waals surface area contributed by atoms with Crippen LogP contribution < -0.4 is 14.8 Å². The number of carbonyl (C=O) groups is 2. The molecule has 0 aliphatic heterocycles. The second-order valence-corrected chi connectivity index (χ2v) is 5.30. The second-order valence-electron chi connectivity index (χ2n) is 5.30. The van der Waals surface area contributed by atoms with Crippen molar-refractivity contribution in [2.45, 2.75) is 0 Å². The fourth-order valence-electron chi connectivity index (χ4n) is 1.93. The van der Waals surface area contributed by atoms with Crippen LogP contribution in [0.1, 0.15) is 10.4 Å². The third kappa shape index (κ3) is 4.74. The molecule has 1 N–H and O–H groups in total. The van der Waals surface area contributed by atoms with Crippen molar-refractivity contribution in [2.75, 3.05) is 33.1 Å². The van der Waals surface area contributed by atoms with Gasteiger partial charge in [0.05, 0.1) is 7.11 Å². The number of nitrogens with one attached hydrogen (secondary N) is 1. The predicted molar refractivity (Wildman–Crippen MR) is 92.0 cm³/mol. The van der Waals surface area contributed by atoms with Crippen molar-refractivity contribution in [3.05, 3.63) is 54.1 Å². The minimum atomic E-state index is -0.236. The predicted octanol–water partition coefficient (Wildman–Crippen LogP) is 3.05. The van der Waals surface area contributed by atoms with Gasteiger partial charge >= 0.3 is 6.03 Å². The number of amides is 2. The van der Waals surface area contributed by atoms with E-state index in [0.717, 1.165) is 0 Å². The van der Waals surface area contributed by atoms with Gasteiger partial charge in [0.15, 0.2) is 12.4 Å². The molecule has 126 valence electrons. The summed E-state index contributed by atoms with van der Waals surface area (Å²) in [4.78, 5) is 25.3. The lowest BCUT2D eigenvalue weighted by Gasteiger charge is -2.13. The first-order valence-electron chi connectivity index (χ1n) is 7.38. The van der Waals surface area contributed by atoms with Crippen LogP contribution in [-0.4, -0.2) is 44.5 Å². The quantitative estimate of drug-likeness (QED) is 0.828. The summed E-state index contributed by atoms with van der Waals surface area (Å²) < 4.78 is 10.6. The summed E-state index contributed by atoms with van der Waals surface area (Å²) in [5, 5.41) is 2.72. The van der Waals surface area contributed by atoms with Crippen LogP contribution in [0.25, 0.3) is 0 Å². The number of ether oxygens (including phenoxy) is 2. The first-order chi connectivity index (χ1) is 11.5. The van der Waals surface area contributed by atoms with E-state index >= 15 is 0 Å². The molecule has 0 bridgehead atoms. The van der Waals surface area contributed by atoms with Gasteiger partial charge in [0.2, 0.25) is 0 Å². The number of benzene rings is 2. The van der Waals surface area contributed by atoms with E-state index < -0.39 is 0 Å². The molecule has 0 heterocycles. The van der Waals surface area contributed by atoms with Crippen LogP contribution in [0.2, 0.25) is 0 Å². The Morgan fingerprint density at radius 2 is 1.75 bits per heavy atom. The van der Waals surface area contributed by atoms with Gasteiger partial charge in [-0.3, -0.25) is 4.79 Å². The Labute approximate surface area is 141 Å². The number of hydrogen-bond acceptors (Lipinski definition) is 4. The number of urea groups is 1. The van der Waals surface area contributed by atoms with Crippen LogP contribution in [0.3, 0.4) is 0 Å².